The molecular weight excluding hydrogens is 246 g/mol. The van der Waals surface area contributed by atoms with Crippen LogP contribution >= 0.6 is 11.6 Å². The number of hydrogen-bond donors (Lipinski definition) is 1. The molecule has 0 aromatic heterocycles. The second-order valence-electron chi connectivity index (χ2n) is 4.85. The molecule has 100 valence electrons. The third-order valence-electron chi connectivity index (χ3n) is 3.39. The second kappa shape index (κ2) is 7.13. The van der Waals surface area contributed by atoms with Gasteiger partial charge in [0.05, 0.1) is 12.7 Å². The Morgan fingerprint density at radius 1 is 1.44 bits per heavy atom. The summed E-state index contributed by atoms with van der Waals surface area (Å²) in [6.45, 7) is 4.69. The van der Waals surface area contributed by atoms with Crippen LogP contribution in [-0.4, -0.2) is 25.1 Å². The zero-order valence-corrected chi connectivity index (χ0v) is 11.7. The molecule has 0 saturated heterocycles. The lowest BCUT2D eigenvalue weighted by atomic mass is 9.97. The molecule has 0 spiro atoms. The standard InChI is InChI=1S/C15H22ClNO/c1-2-5-13(16)10-17-11-15-14-7-4-3-6-12(14)8-9-18-15/h3-4,6-7,13,15,17H,2,5,8-11H2,1H3. The molecule has 0 fully saturated rings. The van der Waals surface area contributed by atoms with E-state index in [9.17, 15) is 0 Å². The molecule has 1 aromatic rings. The van der Waals surface area contributed by atoms with Crippen molar-refractivity contribution in [3.63, 3.8) is 0 Å². The first kappa shape index (κ1) is 13.9. The summed E-state index contributed by atoms with van der Waals surface area (Å²) in [7, 11) is 0. The molecule has 1 aromatic carbocycles. The molecule has 2 nitrogen and oxygen atoms in total. The summed E-state index contributed by atoms with van der Waals surface area (Å²) < 4.78 is 5.84. The Balaban J connectivity index is 1.84. The largest absolute Gasteiger partial charge is 0.372 e. The van der Waals surface area contributed by atoms with Crippen LogP contribution in [-0.2, 0) is 11.2 Å². The number of fused-ring (bicyclic) bond motifs is 1. The van der Waals surface area contributed by atoms with Gasteiger partial charge in [-0.1, -0.05) is 37.6 Å². The fourth-order valence-corrected chi connectivity index (χ4v) is 2.76. The van der Waals surface area contributed by atoms with Crippen molar-refractivity contribution in [3.05, 3.63) is 35.4 Å². The fourth-order valence-electron chi connectivity index (χ4n) is 2.43. The Labute approximate surface area is 115 Å². The molecule has 2 rings (SSSR count). The fraction of sp³-hybridized carbons (Fsp3) is 0.600. The molecule has 2 unspecified atom stereocenters. The monoisotopic (exact) mass is 267 g/mol. The van der Waals surface area contributed by atoms with E-state index in [0.29, 0.717) is 0 Å². The summed E-state index contributed by atoms with van der Waals surface area (Å²) in [5, 5.41) is 3.65. The van der Waals surface area contributed by atoms with Crippen LogP contribution in [0.15, 0.2) is 24.3 Å². The minimum Gasteiger partial charge on any atom is -0.372 e. The van der Waals surface area contributed by atoms with Gasteiger partial charge in [0.15, 0.2) is 0 Å². The third-order valence-corrected chi connectivity index (χ3v) is 3.76. The molecule has 18 heavy (non-hydrogen) atoms. The minimum absolute atomic E-state index is 0.181. The van der Waals surface area contributed by atoms with Crippen molar-refractivity contribution >= 4 is 11.6 Å². The predicted octanol–water partition coefficient (Wildman–Crippen LogP) is 3.30. The van der Waals surface area contributed by atoms with Gasteiger partial charge in [-0.2, -0.15) is 0 Å². The summed E-state index contributed by atoms with van der Waals surface area (Å²) in [5.41, 5.74) is 2.75. The van der Waals surface area contributed by atoms with Crippen molar-refractivity contribution in [2.45, 2.75) is 37.7 Å². The van der Waals surface area contributed by atoms with E-state index < -0.39 is 0 Å². The summed E-state index contributed by atoms with van der Waals surface area (Å²) in [6, 6.07) is 8.56. The average molecular weight is 268 g/mol. The molecule has 1 aliphatic rings. The zero-order valence-electron chi connectivity index (χ0n) is 11.0. The number of alkyl halides is 1. The van der Waals surface area contributed by atoms with E-state index in [2.05, 4.69) is 36.5 Å². The molecule has 0 bridgehead atoms. The summed E-state index contributed by atoms with van der Waals surface area (Å²) in [6.07, 6.45) is 3.41. The van der Waals surface area contributed by atoms with Crippen molar-refractivity contribution in [2.24, 2.45) is 0 Å². The summed E-state index contributed by atoms with van der Waals surface area (Å²) in [5.74, 6) is 0. The Hall–Kier alpha value is -0.570. The van der Waals surface area contributed by atoms with E-state index in [1.165, 1.54) is 11.1 Å². The maximum Gasteiger partial charge on any atom is 0.0952 e. The van der Waals surface area contributed by atoms with Crippen LogP contribution in [0, 0.1) is 0 Å². The Morgan fingerprint density at radius 3 is 3.11 bits per heavy atom. The lowest BCUT2D eigenvalue weighted by Crippen LogP contribution is -2.31. The van der Waals surface area contributed by atoms with Crippen LogP contribution < -0.4 is 5.32 Å². The van der Waals surface area contributed by atoms with Crippen LogP contribution in [0.3, 0.4) is 0 Å². The van der Waals surface area contributed by atoms with Gasteiger partial charge >= 0.3 is 0 Å². The summed E-state index contributed by atoms with van der Waals surface area (Å²) in [4.78, 5) is 0. The topological polar surface area (TPSA) is 21.3 Å². The van der Waals surface area contributed by atoms with Crippen LogP contribution in [0.4, 0.5) is 0 Å². The number of ether oxygens (including phenoxy) is 1. The molecule has 0 radical (unpaired) electrons. The van der Waals surface area contributed by atoms with Crippen LogP contribution in [0.2, 0.25) is 0 Å². The van der Waals surface area contributed by atoms with Crippen molar-refractivity contribution in [1.29, 1.82) is 0 Å². The lowest BCUT2D eigenvalue weighted by Gasteiger charge is -2.26. The van der Waals surface area contributed by atoms with E-state index in [0.717, 1.165) is 39.0 Å². The van der Waals surface area contributed by atoms with Gasteiger partial charge in [0.2, 0.25) is 0 Å². The normalized spacial score (nSPS) is 20.4. The Kier molecular flexibility index (Phi) is 5.48. The summed E-state index contributed by atoms with van der Waals surface area (Å²) >= 11 is 6.20. The highest BCUT2D eigenvalue weighted by Crippen LogP contribution is 2.26. The highest BCUT2D eigenvalue weighted by atomic mass is 35.5. The lowest BCUT2D eigenvalue weighted by molar-refractivity contribution is 0.0426. The van der Waals surface area contributed by atoms with Gasteiger partial charge in [-0.15, -0.1) is 11.6 Å². The molecule has 0 amide bonds. The van der Waals surface area contributed by atoms with Gasteiger partial charge in [-0.05, 0) is 24.0 Å². The molecule has 0 aliphatic carbocycles. The Morgan fingerprint density at radius 2 is 2.28 bits per heavy atom. The number of rotatable bonds is 6. The first-order chi connectivity index (χ1) is 8.81. The quantitative estimate of drug-likeness (QED) is 0.799. The van der Waals surface area contributed by atoms with Gasteiger partial charge in [0.25, 0.3) is 0 Å². The molecular formula is C15H22ClNO. The SMILES string of the molecule is CCCC(Cl)CNCC1OCCc2ccccc21. The van der Waals surface area contributed by atoms with E-state index in [1.807, 2.05) is 0 Å². The van der Waals surface area contributed by atoms with Crippen molar-refractivity contribution in [1.82, 2.24) is 5.32 Å². The number of benzene rings is 1. The predicted molar refractivity (Wildman–Crippen MR) is 76.3 cm³/mol. The average Bonchev–Trinajstić information content (AvgIpc) is 2.39. The van der Waals surface area contributed by atoms with Crippen molar-refractivity contribution < 1.29 is 4.74 Å². The van der Waals surface area contributed by atoms with E-state index in [1.54, 1.807) is 0 Å². The highest BCUT2D eigenvalue weighted by Gasteiger charge is 2.19. The smallest absolute Gasteiger partial charge is 0.0952 e. The van der Waals surface area contributed by atoms with E-state index >= 15 is 0 Å². The van der Waals surface area contributed by atoms with Crippen molar-refractivity contribution in [3.8, 4) is 0 Å². The van der Waals surface area contributed by atoms with Crippen molar-refractivity contribution in [2.75, 3.05) is 19.7 Å². The van der Waals surface area contributed by atoms with E-state index in [4.69, 9.17) is 16.3 Å². The number of halogens is 1. The minimum atomic E-state index is 0.181. The first-order valence-electron chi connectivity index (χ1n) is 6.85. The van der Waals surface area contributed by atoms with Gasteiger partial charge in [-0.25, -0.2) is 0 Å². The van der Waals surface area contributed by atoms with Gasteiger partial charge in [0.1, 0.15) is 0 Å². The molecule has 1 N–H and O–H groups in total. The maximum atomic E-state index is 6.20. The molecule has 1 aliphatic heterocycles. The molecule has 0 saturated carbocycles. The zero-order chi connectivity index (χ0) is 12.8. The van der Waals surface area contributed by atoms with Gasteiger partial charge in [0, 0.05) is 18.5 Å². The highest BCUT2D eigenvalue weighted by molar-refractivity contribution is 6.20. The number of hydrogen-bond acceptors (Lipinski definition) is 2. The third kappa shape index (κ3) is 3.71. The maximum absolute atomic E-state index is 6.20. The van der Waals surface area contributed by atoms with Gasteiger partial charge in [-0.3, -0.25) is 0 Å². The van der Waals surface area contributed by atoms with Crippen LogP contribution in [0.1, 0.15) is 37.0 Å². The molecule has 3 heteroatoms. The number of nitrogens with one attached hydrogen (secondary N) is 1. The Bertz CT molecular complexity index is 369. The van der Waals surface area contributed by atoms with Gasteiger partial charge < -0.3 is 10.1 Å². The second-order valence-corrected chi connectivity index (χ2v) is 5.47. The van der Waals surface area contributed by atoms with Crippen LogP contribution in [0.25, 0.3) is 0 Å². The molecule has 1 heterocycles. The van der Waals surface area contributed by atoms with Crippen LogP contribution in [0.5, 0.6) is 0 Å². The van der Waals surface area contributed by atoms with E-state index in [-0.39, 0.29) is 11.5 Å². The molecule has 2 atom stereocenters. The first-order valence-corrected chi connectivity index (χ1v) is 7.29.